The summed E-state index contributed by atoms with van der Waals surface area (Å²) in [5, 5.41) is 0. The van der Waals surface area contributed by atoms with Crippen molar-refractivity contribution in [2.24, 2.45) is 5.73 Å². The van der Waals surface area contributed by atoms with E-state index >= 15 is 0 Å². The molecule has 2 N–H and O–H groups in total. The summed E-state index contributed by atoms with van der Waals surface area (Å²) in [4.78, 5) is 2.61. The van der Waals surface area contributed by atoms with Crippen molar-refractivity contribution >= 4 is 0 Å². The second-order valence-electron chi connectivity index (χ2n) is 5.50. The number of hydrogen-bond donors (Lipinski definition) is 1. The van der Waals surface area contributed by atoms with Gasteiger partial charge in [-0.25, -0.2) is 0 Å². The molecule has 0 amide bonds. The molecule has 0 aromatic heterocycles. The third-order valence-corrected chi connectivity index (χ3v) is 4.12. The lowest BCUT2D eigenvalue weighted by Crippen LogP contribution is -2.42. The van der Waals surface area contributed by atoms with Gasteiger partial charge in [0.1, 0.15) is 0 Å². The quantitative estimate of drug-likeness (QED) is 0.801. The lowest BCUT2D eigenvalue weighted by molar-refractivity contribution is 0.184. The van der Waals surface area contributed by atoms with Gasteiger partial charge in [0.15, 0.2) is 0 Å². The largest absolute Gasteiger partial charge is 0.329 e. The van der Waals surface area contributed by atoms with Crippen molar-refractivity contribution in [2.45, 2.75) is 51.1 Å². The molecule has 1 aromatic carbocycles. The lowest BCUT2D eigenvalue weighted by Gasteiger charge is -2.32. The predicted molar refractivity (Wildman–Crippen MR) is 77.7 cm³/mol. The number of benzene rings is 1. The first-order valence-corrected chi connectivity index (χ1v) is 7.27. The highest BCUT2D eigenvalue weighted by atomic mass is 15.2. The van der Waals surface area contributed by atoms with Crippen LogP contribution in [0.3, 0.4) is 0 Å². The van der Waals surface area contributed by atoms with Crippen molar-refractivity contribution in [1.82, 2.24) is 4.90 Å². The van der Waals surface area contributed by atoms with Crippen LogP contribution in [0.1, 0.15) is 44.6 Å². The van der Waals surface area contributed by atoms with E-state index in [0.29, 0.717) is 12.0 Å². The van der Waals surface area contributed by atoms with Crippen LogP contribution in [0.4, 0.5) is 0 Å². The summed E-state index contributed by atoms with van der Waals surface area (Å²) < 4.78 is 0. The minimum absolute atomic E-state index is 0.540. The zero-order valence-corrected chi connectivity index (χ0v) is 11.7. The molecule has 2 rings (SSSR count). The van der Waals surface area contributed by atoms with Gasteiger partial charge < -0.3 is 5.73 Å². The van der Waals surface area contributed by atoms with Gasteiger partial charge in [-0.1, -0.05) is 44.2 Å². The highest BCUT2D eigenvalue weighted by Crippen LogP contribution is 2.31. The minimum atomic E-state index is 0.540. The zero-order valence-electron chi connectivity index (χ0n) is 11.7. The molecule has 0 aliphatic heterocycles. The van der Waals surface area contributed by atoms with Gasteiger partial charge in [0.2, 0.25) is 0 Å². The Balaban J connectivity index is 1.97. The smallest absolute Gasteiger partial charge is 0.0226 e. The standard InChI is InChI=1S/C16H26N2/c1-3-18(15-9-10-15)16(12-17)11-13(2)14-7-5-4-6-8-14/h4-8,13,15-16H,3,9-12,17H2,1-2H3. The predicted octanol–water partition coefficient (Wildman–Crippen LogP) is 2.99. The average molecular weight is 246 g/mol. The van der Waals surface area contributed by atoms with Crippen molar-refractivity contribution in [2.75, 3.05) is 13.1 Å². The molecule has 0 bridgehead atoms. The first-order chi connectivity index (χ1) is 8.76. The van der Waals surface area contributed by atoms with Crippen LogP contribution in [0.2, 0.25) is 0 Å². The Morgan fingerprint density at radius 3 is 2.44 bits per heavy atom. The Labute approximate surface area is 111 Å². The number of rotatable bonds is 7. The summed E-state index contributed by atoms with van der Waals surface area (Å²) in [6, 6.07) is 12.1. The van der Waals surface area contributed by atoms with E-state index in [2.05, 4.69) is 49.1 Å². The van der Waals surface area contributed by atoms with Crippen LogP contribution in [0.15, 0.2) is 30.3 Å². The van der Waals surface area contributed by atoms with Crippen LogP contribution < -0.4 is 5.73 Å². The fourth-order valence-corrected chi connectivity index (χ4v) is 2.91. The monoisotopic (exact) mass is 246 g/mol. The van der Waals surface area contributed by atoms with E-state index < -0.39 is 0 Å². The first kappa shape index (κ1) is 13.6. The van der Waals surface area contributed by atoms with Gasteiger partial charge in [0.05, 0.1) is 0 Å². The molecule has 0 saturated heterocycles. The highest BCUT2D eigenvalue weighted by Gasteiger charge is 2.32. The van der Waals surface area contributed by atoms with Crippen molar-refractivity contribution in [1.29, 1.82) is 0 Å². The number of nitrogens with zero attached hydrogens (tertiary/aromatic N) is 1. The summed E-state index contributed by atoms with van der Waals surface area (Å²) in [6.45, 7) is 6.49. The van der Waals surface area contributed by atoms with Crippen LogP contribution in [0.5, 0.6) is 0 Å². The van der Waals surface area contributed by atoms with Gasteiger partial charge in [0, 0.05) is 18.6 Å². The number of likely N-dealkylation sites (N-methyl/N-ethyl adjacent to an activating group) is 1. The van der Waals surface area contributed by atoms with E-state index in [1.807, 2.05) is 0 Å². The Kier molecular flexibility index (Phi) is 4.79. The molecular weight excluding hydrogens is 220 g/mol. The second kappa shape index (κ2) is 6.35. The van der Waals surface area contributed by atoms with Crippen molar-refractivity contribution in [3.05, 3.63) is 35.9 Å². The number of hydrogen-bond acceptors (Lipinski definition) is 2. The third-order valence-electron chi connectivity index (χ3n) is 4.12. The summed E-state index contributed by atoms with van der Waals surface area (Å²) in [5.41, 5.74) is 7.43. The van der Waals surface area contributed by atoms with Gasteiger partial charge >= 0.3 is 0 Å². The van der Waals surface area contributed by atoms with Gasteiger partial charge in [-0.05, 0) is 37.3 Å². The third kappa shape index (κ3) is 3.33. The number of nitrogens with two attached hydrogens (primary N) is 1. The molecule has 1 aliphatic carbocycles. The van der Waals surface area contributed by atoms with Crippen LogP contribution >= 0.6 is 0 Å². The topological polar surface area (TPSA) is 29.3 Å². The SMILES string of the molecule is CCN(C1CC1)C(CN)CC(C)c1ccccc1. The van der Waals surface area contributed by atoms with Crippen molar-refractivity contribution in [3.8, 4) is 0 Å². The molecule has 2 nitrogen and oxygen atoms in total. The zero-order chi connectivity index (χ0) is 13.0. The maximum atomic E-state index is 6.00. The van der Waals surface area contributed by atoms with Gasteiger partial charge in [-0.15, -0.1) is 0 Å². The molecular formula is C16H26N2. The van der Waals surface area contributed by atoms with Gasteiger partial charge in [-0.3, -0.25) is 4.90 Å². The summed E-state index contributed by atoms with van der Waals surface area (Å²) in [7, 11) is 0. The van der Waals surface area contributed by atoms with Crippen molar-refractivity contribution < 1.29 is 0 Å². The molecule has 1 aromatic rings. The summed E-state index contributed by atoms with van der Waals surface area (Å²) >= 11 is 0. The van der Waals surface area contributed by atoms with Crippen LogP contribution in [0, 0.1) is 0 Å². The lowest BCUT2D eigenvalue weighted by atomic mass is 9.93. The normalized spacial score (nSPS) is 18.9. The summed E-state index contributed by atoms with van der Waals surface area (Å²) in [5.74, 6) is 0.590. The second-order valence-corrected chi connectivity index (χ2v) is 5.50. The average Bonchev–Trinajstić information content (AvgIpc) is 3.24. The fourth-order valence-electron chi connectivity index (χ4n) is 2.91. The highest BCUT2D eigenvalue weighted by molar-refractivity contribution is 5.19. The van der Waals surface area contributed by atoms with Crippen LogP contribution in [-0.4, -0.2) is 30.1 Å². The molecule has 100 valence electrons. The molecule has 2 heteroatoms. The van der Waals surface area contributed by atoms with E-state index in [1.54, 1.807) is 0 Å². The Morgan fingerprint density at radius 2 is 1.94 bits per heavy atom. The maximum Gasteiger partial charge on any atom is 0.0226 e. The van der Waals surface area contributed by atoms with Crippen LogP contribution in [0.25, 0.3) is 0 Å². The Morgan fingerprint density at radius 1 is 1.28 bits per heavy atom. The van der Waals surface area contributed by atoms with E-state index in [4.69, 9.17) is 5.73 Å². The van der Waals surface area contributed by atoms with Gasteiger partial charge in [0.25, 0.3) is 0 Å². The molecule has 0 radical (unpaired) electrons. The maximum absolute atomic E-state index is 6.00. The molecule has 1 fully saturated rings. The molecule has 0 spiro atoms. The van der Waals surface area contributed by atoms with Gasteiger partial charge in [-0.2, -0.15) is 0 Å². The minimum Gasteiger partial charge on any atom is -0.329 e. The Hall–Kier alpha value is -0.860. The Bertz CT molecular complexity index is 345. The molecule has 18 heavy (non-hydrogen) atoms. The molecule has 2 atom stereocenters. The first-order valence-electron chi connectivity index (χ1n) is 7.27. The summed E-state index contributed by atoms with van der Waals surface area (Å²) in [6.07, 6.45) is 3.90. The molecule has 2 unspecified atom stereocenters. The van der Waals surface area contributed by atoms with E-state index in [1.165, 1.54) is 24.8 Å². The van der Waals surface area contributed by atoms with Crippen molar-refractivity contribution in [3.63, 3.8) is 0 Å². The molecule has 0 heterocycles. The van der Waals surface area contributed by atoms with E-state index in [0.717, 1.165) is 19.1 Å². The molecule has 1 saturated carbocycles. The fraction of sp³-hybridized carbons (Fsp3) is 0.625. The van der Waals surface area contributed by atoms with E-state index in [-0.39, 0.29) is 0 Å². The molecule has 1 aliphatic rings. The van der Waals surface area contributed by atoms with Crippen LogP contribution in [-0.2, 0) is 0 Å². The van der Waals surface area contributed by atoms with E-state index in [9.17, 15) is 0 Å².